The minimum Gasteiger partial charge on any atom is -0.490 e. The van der Waals surface area contributed by atoms with E-state index in [4.69, 9.17) is 4.74 Å². The van der Waals surface area contributed by atoms with Crippen molar-refractivity contribution in [2.45, 2.75) is 25.7 Å². The van der Waals surface area contributed by atoms with Crippen molar-refractivity contribution in [2.75, 3.05) is 19.8 Å². The SMILES string of the molecule is O=C(NCCCOc1ccccc1F)NCc1ccc(COCC(F)(F)F)cc1. The van der Waals surface area contributed by atoms with E-state index < -0.39 is 18.6 Å². The lowest BCUT2D eigenvalue weighted by Gasteiger charge is -2.10. The molecule has 2 amide bonds. The molecule has 2 N–H and O–H groups in total. The molecule has 2 aromatic carbocycles. The Hall–Kier alpha value is -2.81. The summed E-state index contributed by atoms with van der Waals surface area (Å²) in [6.07, 6.45) is -3.84. The van der Waals surface area contributed by atoms with Crippen molar-refractivity contribution in [3.8, 4) is 5.75 Å². The highest BCUT2D eigenvalue weighted by molar-refractivity contribution is 5.73. The third-order valence-electron chi connectivity index (χ3n) is 3.71. The van der Waals surface area contributed by atoms with Crippen LogP contribution in [0, 0.1) is 5.82 Å². The highest BCUT2D eigenvalue weighted by atomic mass is 19.4. The van der Waals surface area contributed by atoms with Gasteiger partial charge in [0.05, 0.1) is 13.2 Å². The van der Waals surface area contributed by atoms with Gasteiger partial charge in [-0.05, 0) is 29.7 Å². The second kappa shape index (κ2) is 11.3. The largest absolute Gasteiger partial charge is 0.490 e. The molecule has 0 radical (unpaired) electrons. The fourth-order valence-corrected chi connectivity index (χ4v) is 2.30. The zero-order valence-electron chi connectivity index (χ0n) is 15.6. The number of benzene rings is 2. The first kappa shape index (κ1) is 22.5. The van der Waals surface area contributed by atoms with Gasteiger partial charge in [0.25, 0.3) is 0 Å². The first-order valence-corrected chi connectivity index (χ1v) is 8.95. The van der Waals surface area contributed by atoms with Crippen LogP contribution in [0.4, 0.5) is 22.4 Å². The first-order chi connectivity index (χ1) is 13.8. The summed E-state index contributed by atoms with van der Waals surface area (Å²) in [4.78, 5) is 11.8. The number of carbonyl (C=O) groups is 1. The van der Waals surface area contributed by atoms with Crippen molar-refractivity contribution in [3.05, 3.63) is 65.5 Å². The number of alkyl halides is 3. The Bertz CT molecular complexity index is 767. The van der Waals surface area contributed by atoms with Crippen LogP contribution in [0.2, 0.25) is 0 Å². The Balaban J connectivity index is 1.58. The van der Waals surface area contributed by atoms with Crippen LogP contribution < -0.4 is 15.4 Å². The van der Waals surface area contributed by atoms with Crippen LogP contribution in [-0.2, 0) is 17.9 Å². The summed E-state index contributed by atoms with van der Waals surface area (Å²) < 4.78 is 59.3. The molecular formula is C20H22F4N2O3. The molecule has 0 unspecified atom stereocenters. The second-order valence-electron chi connectivity index (χ2n) is 6.17. The predicted octanol–water partition coefficient (Wildman–Crippen LogP) is 4.17. The van der Waals surface area contributed by atoms with E-state index in [0.29, 0.717) is 18.5 Å². The molecule has 158 valence electrons. The summed E-state index contributed by atoms with van der Waals surface area (Å²) in [7, 11) is 0. The van der Waals surface area contributed by atoms with Crippen LogP contribution in [0.1, 0.15) is 17.5 Å². The normalized spacial score (nSPS) is 11.2. The van der Waals surface area contributed by atoms with Crippen LogP contribution >= 0.6 is 0 Å². The van der Waals surface area contributed by atoms with Crippen LogP contribution in [0.3, 0.4) is 0 Å². The maximum absolute atomic E-state index is 13.4. The highest BCUT2D eigenvalue weighted by Gasteiger charge is 2.27. The Morgan fingerprint density at radius 1 is 0.966 bits per heavy atom. The molecule has 9 heteroatoms. The summed E-state index contributed by atoms with van der Waals surface area (Å²) >= 11 is 0. The van der Waals surface area contributed by atoms with E-state index >= 15 is 0 Å². The molecule has 0 saturated heterocycles. The van der Waals surface area contributed by atoms with Crippen molar-refractivity contribution < 1.29 is 31.8 Å². The topological polar surface area (TPSA) is 59.6 Å². The molecule has 5 nitrogen and oxygen atoms in total. The average Bonchev–Trinajstić information content (AvgIpc) is 2.67. The Morgan fingerprint density at radius 2 is 1.66 bits per heavy atom. The van der Waals surface area contributed by atoms with Gasteiger partial charge in [0, 0.05) is 13.1 Å². The number of hydrogen-bond acceptors (Lipinski definition) is 3. The number of hydrogen-bond donors (Lipinski definition) is 2. The number of amides is 2. The standard InChI is InChI=1S/C20H22F4N2O3/c21-17-4-1-2-5-18(17)29-11-3-10-25-19(27)26-12-15-6-8-16(9-7-15)13-28-14-20(22,23)24/h1-2,4-9H,3,10-14H2,(H2,25,26,27). The lowest BCUT2D eigenvalue weighted by Crippen LogP contribution is -2.36. The Labute approximate surface area is 166 Å². The van der Waals surface area contributed by atoms with Gasteiger partial charge < -0.3 is 20.1 Å². The Morgan fingerprint density at radius 3 is 2.34 bits per heavy atom. The molecule has 29 heavy (non-hydrogen) atoms. The van der Waals surface area contributed by atoms with Gasteiger partial charge in [-0.1, -0.05) is 36.4 Å². The lowest BCUT2D eigenvalue weighted by atomic mass is 10.1. The molecule has 0 heterocycles. The van der Waals surface area contributed by atoms with Crippen molar-refractivity contribution in [3.63, 3.8) is 0 Å². The molecule has 0 aliphatic heterocycles. The van der Waals surface area contributed by atoms with E-state index in [1.54, 1.807) is 36.4 Å². The third-order valence-corrected chi connectivity index (χ3v) is 3.71. The minimum absolute atomic E-state index is 0.136. The monoisotopic (exact) mass is 414 g/mol. The molecule has 0 aromatic heterocycles. The summed E-state index contributed by atoms with van der Waals surface area (Å²) in [6.45, 7) is -0.541. The minimum atomic E-state index is -4.35. The molecule has 2 aromatic rings. The number of nitrogens with one attached hydrogen (secondary N) is 2. The van der Waals surface area contributed by atoms with E-state index in [1.165, 1.54) is 12.1 Å². The van der Waals surface area contributed by atoms with Crippen LogP contribution in [-0.4, -0.2) is 32.0 Å². The van der Waals surface area contributed by atoms with Gasteiger partial charge in [-0.15, -0.1) is 0 Å². The van der Waals surface area contributed by atoms with Crippen LogP contribution in [0.25, 0.3) is 0 Å². The second-order valence-corrected chi connectivity index (χ2v) is 6.17. The molecule has 0 atom stereocenters. The van der Waals surface area contributed by atoms with E-state index in [-0.39, 0.29) is 31.5 Å². The highest BCUT2D eigenvalue weighted by Crippen LogP contribution is 2.16. The summed E-state index contributed by atoms with van der Waals surface area (Å²) in [5, 5.41) is 5.33. The number of urea groups is 1. The van der Waals surface area contributed by atoms with Gasteiger partial charge in [-0.3, -0.25) is 0 Å². The summed E-state index contributed by atoms with van der Waals surface area (Å²) in [5.74, 6) is -0.264. The van der Waals surface area contributed by atoms with Crippen LogP contribution in [0.15, 0.2) is 48.5 Å². The van der Waals surface area contributed by atoms with E-state index in [2.05, 4.69) is 15.4 Å². The summed E-state index contributed by atoms with van der Waals surface area (Å²) in [6, 6.07) is 12.4. The van der Waals surface area contributed by atoms with Gasteiger partial charge in [0.1, 0.15) is 6.61 Å². The van der Waals surface area contributed by atoms with E-state index in [0.717, 1.165) is 5.56 Å². The van der Waals surface area contributed by atoms with Crippen molar-refractivity contribution in [2.24, 2.45) is 0 Å². The zero-order valence-corrected chi connectivity index (χ0v) is 15.6. The van der Waals surface area contributed by atoms with E-state index in [1.807, 2.05) is 0 Å². The number of para-hydroxylation sites is 1. The van der Waals surface area contributed by atoms with Gasteiger partial charge in [0.15, 0.2) is 11.6 Å². The number of halogens is 4. The fourth-order valence-electron chi connectivity index (χ4n) is 2.30. The van der Waals surface area contributed by atoms with Gasteiger partial charge in [0.2, 0.25) is 0 Å². The molecule has 0 aliphatic carbocycles. The van der Waals surface area contributed by atoms with Gasteiger partial charge in [-0.25, -0.2) is 9.18 Å². The maximum Gasteiger partial charge on any atom is 0.411 e. The maximum atomic E-state index is 13.4. The third kappa shape index (κ3) is 9.29. The summed E-state index contributed by atoms with van der Waals surface area (Å²) in [5.41, 5.74) is 1.40. The molecule has 0 bridgehead atoms. The fraction of sp³-hybridized carbons (Fsp3) is 0.350. The quantitative estimate of drug-likeness (QED) is 0.453. The van der Waals surface area contributed by atoms with Crippen molar-refractivity contribution >= 4 is 6.03 Å². The Kier molecular flexibility index (Phi) is 8.72. The van der Waals surface area contributed by atoms with Gasteiger partial charge in [-0.2, -0.15) is 13.2 Å². The molecule has 0 saturated carbocycles. The predicted molar refractivity (Wildman–Crippen MR) is 98.9 cm³/mol. The molecule has 0 spiro atoms. The van der Waals surface area contributed by atoms with Gasteiger partial charge >= 0.3 is 12.2 Å². The molecule has 0 aliphatic rings. The van der Waals surface area contributed by atoms with E-state index in [9.17, 15) is 22.4 Å². The smallest absolute Gasteiger partial charge is 0.411 e. The van der Waals surface area contributed by atoms with Crippen LogP contribution in [0.5, 0.6) is 5.75 Å². The molecule has 0 fully saturated rings. The first-order valence-electron chi connectivity index (χ1n) is 8.95. The van der Waals surface area contributed by atoms with Crippen molar-refractivity contribution in [1.82, 2.24) is 10.6 Å². The number of rotatable bonds is 10. The zero-order chi connectivity index (χ0) is 21.1. The molecular weight excluding hydrogens is 392 g/mol. The average molecular weight is 414 g/mol. The number of ether oxygens (including phenoxy) is 2. The molecule has 2 rings (SSSR count). The number of carbonyl (C=O) groups excluding carboxylic acids is 1. The lowest BCUT2D eigenvalue weighted by molar-refractivity contribution is -0.176. The van der Waals surface area contributed by atoms with Crippen molar-refractivity contribution in [1.29, 1.82) is 0 Å².